The second-order valence-corrected chi connectivity index (χ2v) is 12.3. The Balaban J connectivity index is 1.35. The van der Waals surface area contributed by atoms with Crippen molar-refractivity contribution in [2.45, 2.75) is 95.4 Å². The summed E-state index contributed by atoms with van der Waals surface area (Å²) in [6.07, 6.45) is -2.96. The Labute approximate surface area is 264 Å². The van der Waals surface area contributed by atoms with Crippen molar-refractivity contribution < 1.29 is 41.1 Å². The topological polar surface area (TPSA) is 138 Å². The minimum Gasteiger partial charge on any atom is -0.493 e. The molecule has 5 rings (SSSR count). The van der Waals surface area contributed by atoms with Crippen molar-refractivity contribution in [3.05, 3.63) is 52.0 Å². The minimum atomic E-state index is -4.55. The van der Waals surface area contributed by atoms with E-state index in [1.54, 1.807) is 25.8 Å². The van der Waals surface area contributed by atoms with Gasteiger partial charge < -0.3 is 29.1 Å². The summed E-state index contributed by atoms with van der Waals surface area (Å²) in [6.45, 7) is 4.23. The molecule has 1 aromatic heterocycles. The number of para-hydroxylation sites is 1. The predicted octanol–water partition coefficient (Wildman–Crippen LogP) is 2.50. The molecule has 46 heavy (non-hydrogen) atoms. The van der Waals surface area contributed by atoms with Gasteiger partial charge in [-0.2, -0.15) is 13.2 Å². The molecule has 0 aliphatic carbocycles. The molecule has 6 atom stereocenters. The number of benzene rings is 1. The van der Waals surface area contributed by atoms with Crippen LogP contribution in [0.15, 0.2) is 37.9 Å². The second-order valence-electron chi connectivity index (χ2n) is 12.3. The van der Waals surface area contributed by atoms with Crippen LogP contribution in [0.3, 0.4) is 0 Å². The zero-order valence-electron chi connectivity index (χ0n) is 26.3. The molecule has 0 saturated carbocycles. The van der Waals surface area contributed by atoms with E-state index in [1.807, 2.05) is 24.3 Å². The molecule has 3 aliphatic heterocycles. The van der Waals surface area contributed by atoms with E-state index in [-0.39, 0.29) is 49.5 Å². The van der Waals surface area contributed by atoms with Crippen LogP contribution in [0, 0.1) is 6.92 Å². The molecule has 252 valence electrons. The number of likely N-dealkylation sites (N-methyl/N-ethyl adjacent to an activating group) is 1. The van der Waals surface area contributed by atoms with Crippen molar-refractivity contribution in [2.75, 3.05) is 26.7 Å². The molecule has 2 aromatic rings. The van der Waals surface area contributed by atoms with Crippen LogP contribution < -0.4 is 21.2 Å². The number of nitrogens with one attached hydrogen (secondary N) is 2. The van der Waals surface area contributed by atoms with Gasteiger partial charge in [-0.3, -0.25) is 24.2 Å². The highest BCUT2D eigenvalue weighted by Crippen LogP contribution is 2.35. The summed E-state index contributed by atoms with van der Waals surface area (Å²) in [5.74, 6) is -1.29. The van der Waals surface area contributed by atoms with E-state index in [4.69, 9.17) is 13.6 Å². The van der Waals surface area contributed by atoms with Crippen molar-refractivity contribution in [1.82, 2.24) is 25.3 Å². The Morgan fingerprint density at radius 2 is 1.78 bits per heavy atom. The number of amides is 3. The van der Waals surface area contributed by atoms with Gasteiger partial charge >= 0.3 is 12.0 Å². The van der Waals surface area contributed by atoms with Gasteiger partial charge in [0.25, 0.3) is 0 Å². The number of alkyl halides is 3. The highest BCUT2D eigenvalue weighted by atomic mass is 19.4. The minimum absolute atomic E-state index is 0.0252. The number of fused-ring (bicyclic) bond motifs is 2. The summed E-state index contributed by atoms with van der Waals surface area (Å²) in [6, 6.07) is 1.70. The lowest BCUT2D eigenvalue weighted by atomic mass is 10.00. The second kappa shape index (κ2) is 13.5. The molecule has 15 heteroatoms. The summed E-state index contributed by atoms with van der Waals surface area (Å²) >= 11 is 0. The monoisotopic (exact) mass is 651 g/mol. The molecule has 3 aliphatic rings. The van der Waals surface area contributed by atoms with Crippen LogP contribution in [0.1, 0.15) is 62.7 Å². The molecule has 0 bridgehead atoms. The number of aryl methyl sites for hydroxylation is 1. The Kier molecular flexibility index (Phi) is 9.82. The van der Waals surface area contributed by atoms with Gasteiger partial charge in [-0.15, -0.1) is 0 Å². The fourth-order valence-electron chi connectivity index (χ4n) is 6.46. The first-order chi connectivity index (χ1) is 21.7. The molecule has 2 N–H and O–H groups in total. The van der Waals surface area contributed by atoms with E-state index < -0.39 is 54.0 Å². The van der Waals surface area contributed by atoms with Crippen LogP contribution in [0.4, 0.5) is 13.2 Å². The largest absolute Gasteiger partial charge is 0.519 e. The number of hydrogen-bond donors (Lipinski definition) is 2. The molecular weight excluding hydrogens is 611 g/mol. The third kappa shape index (κ3) is 7.09. The van der Waals surface area contributed by atoms with Gasteiger partial charge in [0.2, 0.25) is 17.7 Å². The quantitative estimate of drug-likeness (QED) is 0.441. The molecule has 1 aromatic carbocycles. The molecule has 3 amide bonds. The van der Waals surface area contributed by atoms with Gasteiger partial charge in [-0.1, -0.05) is 18.2 Å². The zero-order valence-corrected chi connectivity index (χ0v) is 26.3. The summed E-state index contributed by atoms with van der Waals surface area (Å²) in [4.78, 5) is 57.0. The van der Waals surface area contributed by atoms with E-state index in [0.29, 0.717) is 31.6 Å². The van der Waals surface area contributed by atoms with Crippen LogP contribution in [0.5, 0.6) is 5.75 Å². The van der Waals surface area contributed by atoms with Crippen LogP contribution in [0.25, 0.3) is 0 Å². The zero-order chi connectivity index (χ0) is 33.3. The van der Waals surface area contributed by atoms with Crippen LogP contribution >= 0.6 is 0 Å². The first-order valence-corrected chi connectivity index (χ1v) is 15.5. The first-order valence-electron chi connectivity index (χ1n) is 15.5. The molecule has 4 heterocycles. The van der Waals surface area contributed by atoms with E-state index >= 15 is 0 Å². The van der Waals surface area contributed by atoms with Crippen molar-refractivity contribution in [3.63, 3.8) is 0 Å². The summed E-state index contributed by atoms with van der Waals surface area (Å²) in [5, 5.41) is 5.75. The Hall–Kier alpha value is -3.85. The van der Waals surface area contributed by atoms with E-state index in [9.17, 15) is 32.3 Å². The third-order valence-electron chi connectivity index (χ3n) is 9.41. The molecule has 0 spiro atoms. The Bertz CT molecular complexity index is 1490. The van der Waals surface area contributed by atoms with E-state index in [0.717, 1.165) is 12.5 Å². The number of carbonyl (C=O) groups is 3. The third-order valence-corrected chi connectivity index (χ3v) is 9.41. The van der Waals surface area contributed by atoms with Crippen molar-refractivity contribution in [3.8, 4) is 5.75 Å². The lowest BCUT2D eigenvalue weighted by Gasteiger charge is -2.41. The van der Waals surface area contributed by atoms with Crippen molar-refractivity contribution in [2.24, 2.45) is 0 Å². The van der Waals surface area contributed by atoms with Gasteiger partial charge in [0, 0.05) is 31.1 Å². The molecule has 0 unspecified atom stereocenters. The average Bonchev–Trinajstić information content (AvgIpc) is 3.57. The number of halogens is 3. The maximum absolute atomic E-state index is 14.2. The summed E-state index contributed by atoms with van der Waals surface area (Å²) in [5.41, 5.74) is 0.834. The average molecular weight is 652 g/mol. The summed E-state index contributed by atoms with van der Waals surface area (Å²) < 4.78 is 57.2. The number of rotatable bonds is 8. The first kappa shape index (κ1) is 33.5. The van der Waals surface area contributed by atoms with Crippen LogP contribution in [-0.2, 0) is 20.9 Å². The maximum atomic E-state index is 14.2. The van der Waals surface area contributed by atoms with E-state index in [1.165, 1.54) is 9.80 Å². The molecule has 12 nitrogen and oxygen atoms in total. The SMILES string of the molecule is Cc1oc(=O)oc1CN(C)[C@@H](C)C(=O)N[C@H]1CN([C@H](C)C(F)(F)F)CC[C@H]2CC[C@@H](C(=O)N[C@@H]3CCOc4ccccc43)N2C1=O. The van der Waals surface area contributed by atoms with Crippen LogP contribution in [0.2, 0.25) is 0 Å². The van der Waals surface area contributed by atoms with Crippen LogP contribution in [-0.4, -0.2) is 95.6 Å². The van der Waals surface area contributed by atoms with E-state index in [2.05, 4.69) is 10.6 Å². The standard InChI is InChI=1S/C31H40F3N5O7/c1-17(37(4)16-26-18(2)45-30(43)46-26)27(40)36-23-15-38(19(3)31(32,33)34)13-11-20-9-10-24(39(20)29(23)42)28(41)35-22-12-14-44-25-8-6-5-7-21(22)25/h5-8,17,19-20,22-24H,9-16H2,1-4H3,(H,35,41)(H,36,40)/t17-,19+,20+,22+,23-,24-/m0/s1. The maximum Gasteiger partial charge on any atom is 0.519 e. The molecule has 2 fully saturated rings. The molecular formula is C31H40F3N5O7. The molecule has 0 radical (unpaired) electrons. The molecule has 2 saturated heterocycles. The lowest BCUT2D eigenvalue weighted by molar-refractivity contribution is -0.182. The smallest absolute Gasteiger partial charge is 0.493 e. The number of hydrogen-bond acceptors (Lipinski definition) is 9. The lowest BCUT2D eigenvalue weighted by Crippen LogP contribution is -2.63. The highest BCUT2D eigenvalue weighted by Gasteiger charge is 2.48. The highest BCUT2D eigenvalue weighted by molar-refractivity contribution is 5.94. The number of ether oxygens (including phenoxy) is 1. The fraction of sp³-hybridized carbons (Fsp3) is 0.613. The van der Waals surface area contributed by atoms with Gasteiger partial charge in [0.05, 0.1) is 25.2 Å². The fourth-order valence-corrected chi connectivity index (χ4v) is 6.46. The van der Waals surface area contributed by atoms with Crippen molar-refractivity contribution in [1.29, 1.82) is 0 Å². The van der Waals surface area contributed by atoms with Crippen molar-refractivity contribution >= 4 is 17.7 Å². The normalized spacial score (nSPS) is 25.1. The van der Waals surface area contributed by atoms with Gasteiger partial charge in [-0.05, 0) is 53.1 Å². The summed E-state index contributed by atoms with van der Waals surface area (Å²) in [7, 11) is 1.60. The van der Waals surface area contributed by atoms with Gasteiger partial charge in [-0.25, -0.2) is 4.79 Å². The predicted molar refractivity (Wildman–Crippen MR) is 158 cm³/mol. The number of carbonyl (C=O) groups excluding carboxylic acids is 3. The number of nitrogens with zero attached hydrogens (tertiary/aromatic N) is 3. The Morgan fingerprint density at radius 3 is 2.48 bits per heavy atom. The Morgan fingerprint density at radius 1 is 1.04 bits per heavy atom. The van der Waals surface area contributed by atoms with Gasteiger partial charge in [0.15, 0.2) is 5.76 Å². The van der Waals surface area contributed by atoms with Gasteiger partial charge in [0.1, 0.15) is 29.6 Å².